The van der Waals surface area contributed by atoms with Gasteiger partial charge in [-0.15, -0.1) is 0 Å². The van der Waals surface area contributed by atoms with Crippen molar-refractivity contribution in [1.82, 2.24) is 0 Å². The van der Waals surface area contributed by atoms with Crippen LogP contribution >= 0.6 is 22.6 Å². The maximum Gasteiger partial charge on any atom is 0.175 e. The topological polar surface area (TPSA) is 17.1 Å². The van der Waals surface area contributed by atoms with Gasteiger partial charge in [-0.1, -0.05) is 52.9 Å². The molecule has 0 aromatic heterocycles. The van der Waals surface area contributed by atoms with Gasteiger partial charge in [0.05, 0.1) is 3.92 Å². The van der Waals surface area contributed by atoms with Gasteiger partial charge in [-0.25, -0.2) is 0 Å². The Morgan fingerprint density at radius 2 is 1.91 bits per heavy atom. The Bertz CT molecular complexity index is 241. The molecule has 58 valence electrons. The Labute approximate surface area is 79.9 Å². The largest absolute Gasteiger partial charge is 0.293 e. The maximum absolute atomic E-state index is 11.3. The lowest BCUT2D eigenvalue weighted by Crippen LogP contribution is -2.08. The van der Waals surface area contributed by atoms with E-state index in [1.54, 1.807) is 0 Å². The molecule has 0 spiro atoms. The Morgan fingerprint density at radius 1 is 1.36 bits per heavy atom. The molecule has 1 rings (SSSR count). The molecule has 1 aromatic rings. The second kappa shape index (κ2) is 3.85. The van der Waals surface area contributed by atoms with E-state index >= 15 is 0 Å². The highest BCUT2D eigenvalue weighted by molar-refractivity contribution is 14.1. The van der Waals surface area contributed by atoms with E-state index in [0.29, 0.717) is 0 Å². The van der Waals surface area contributed by atoms with Gasteiger partial charge in [-0.3, -0.25) is 4.79 Å². The van der Waals surface area contributed by atoms with Gasteiger partial charge in [-0.05, 0) is 6.92 Å². The zero-order chi connectivity index (χ0) is 8.27. The van der Waals surface area contributed by atoms with Crippen LogP contribution in [0, 0.1) is 0 Å². The van der Waals surface area contributed by atoms with E-state index in [1.165, 1.54) is 0 Å². The fourth-order valence-electron chi connectivity index (χ4n) is 0.832. The van der Waals surface area contributed by atoms with Gasteiger partial charge in [0.25, 0.3) is 0 Å². The lowest BCUT2D eigenvalue weighted by atomic mass is 10.1. The van der Waals surface area contributed by atoms with Crippen molar-refractivity contribution in [2.24, 2.45) is 0 Å². The van der Waals surface area contributed by atoms with Crippen molar-refractivity contribution in [1.29, 1.82) is 0 Å². The van der Waals surface area contributed by atoms with Crippen molar-refractivity contribution in [3.05, 3.63) is 35.9 Å². The number of carbonyl (C=O) groups excluding carboxylic acids is 1. The average Bonchev–Trinajstić information content (AvgIpc) is 2.05. The third-order valence-corrected chi connectivity index (χ3v) is 1.99. The van der Waals surface area contributed by atoms with Gasteiger partial charge in [0.2, 0.25) is 0 Å². The van der Waals surface area contributed by atoms with Crippen molar-refractivity contribution in [2.75, 3.05) is 0 Å². The minimum atomic E-state index is 0.0648. The molecule has 1 atom stereocenters. The number of rotatable bonds is 2. The molecule has 1 nitrogen and oxygen atoms in total. The molecule has 1 unspecified atom stereocenters. The summed E-state index contributed by atoms with van der Waals surface area (Å²) >= 11 is 2.12. The van der Waals surface area contributed by atoms with E-state index in [2.05, 4.69) is 22.6 Å². The Hall–Kier alpha value is -0.380. The summed E-state index contributed by atoms with van der Waals surface area (Å²) in [7, 11) is 0. The van der Waals surface area contributed by atoms with E-state index < -0.39 is 0 Å². The van der Waals surface area contributed by atoms with Gasteiger partial charge < -0.3 is 0 Å². The Balaban J connectivity index is 2.86. The van der Waals surface area contributed by atoms with Crippen LogP contribution in [0.15, 0.2) is 30.3 Å². The van der Waals surface area contributed by atoms with Crippen LogP contribution < -0.4 is 0 Å². The number of carbonyl (C=O) groups is 1. The van der Waals surface area contributed by atoms with Crippen LogP contribution in [0.4, 0.5) is 0 Å². The van der Waals surface area contributed by atoms with Gasteiger partial charge in [-0.2, -0.15) is 0 Å². The van der Waals surface area contributed by atoms with Gasteiger partial charge >= 0.3 is 0 Å². The van der Waals surface area contributed by atoms with Crippen LogP contribution in [0.5, 0.6) is 0 Å². The highest BCUT2D eigenvalue weighted by Gasteiger charge is 2.09. The zero-order valence-corrected chi connectivity index (χ0v) is 8.41. The van der Waals surface area contributed by atoms with E-state index in [4.69, 9.17) is 0 Å². The molecule has 0 saturated carbocycles. The first-order chi connectivity index (χ1) is 5.22. The summed E-state index contributed by atoms with van der Waals surface area (Å²) in [5.41, 5.74) is 0.800. The molecular formula is C9H9IO. The Kier molecular flexibility index (Phi) is 3.05. The number of alkyl halides is 1. The number of benzene rings is 1. The van der Waals surface area contributed by atoms with E-state index in [9.17, 15) is 4.79 Å². The Morgan fingerprint density at radius 3 is 2.36 bits per heavy atom. The first-order valence-electron chi connectivity index (χ1n) is 3.45. The molecule has 0 aliphatic carbocycles. The number of hydrogen-bond donors (Lipinski definition) is 0. The molecule has 1 aromatic carbocycles. The van der Waals surface area contributed by atoms with Crippen molar-refractivity contribution in [3.63, 3.8) is 0 Å². The van der Waals surface area contributed by atoms with Gasteiger partial charge in [0, 0.05) is 5.56 Å². The third-order valence-electron chi connectivity index (χ3n) is 1.42. The van der Waals surface area contributed by atoms with E-state index in [-0.39, 0.29) is 9.71 Å². The molecule has 0 N–H and O–H groups in total. The summed E-state index contributed by atoms with van der Waals surface area (Å²) in [5.74, 6) is 0.200. The molecule has 0 aliphatic rings. The fraction of sp³-hybridized carbons (Fsp3) is 0.222. The average molecular weight is 260 g/mol. The van der Waals surface area contributed by atoms with Crippen LogP contribution in [0.1, 0.15) is 17.3 Å². The van der Waals surface area contributed by atoms with Crippen molar-refractivity contribution in [2.45, 2.75) is 10.8 Å². The molecule has 0 heterocycles. The molecule has 0 amide bonds. The van der Waals surface area contributed by atoms with Crippen molar-refractivity contribution in [3.8, 4) is 0 Å². The normalized spacial score (nSPS) is 12.5. The minimum Gasteiger partial charge on any atom is -0.293 e. The SMILES string of the molecule is CC(I)C(=O)c1ccccc1. The van der Waals surface area contributed by atoms with Crippen molar-refractivity contribution < 1.29 is 4.79 Å². The van der Waals surface area contributed by atoms with Crippen LogP contribution in [-0.2, 0) is 0 Å². The summed E-state index contributed by atoms with van der Waals surface area (Å²) < 4.78 is 0.0648. The van der Waals surface area contributed by atoms with Crippen LogP contribution in [-0.4, -0.2) is 9.71 Å². The van der Waals surface area contributed by atoms with Crippen molar-refractivity contribution >= 4 is 28.4 Å². The predicted octanol–water partition coefficient (Wildman–Crippen LogP) is 2.69. The molecule has 0 radical (unpaired) electrons. The zero-order valence-electron chi connectivity index (χ0n) is 6.25. The van der Waals surface area contributed by atoms with E-state index in [0.717, 1.165) is 5.56 Å². The standard InChI is InChI=1S/C9H9IO/c1-7(10)9(11)8-5-3-2-4-6-8/h2-7H,1H3. The van der Waals surface area contributed by atoms with Gasteiger partial charge in [0.1, 0.15) is 0 Å². The fourth-order valence-corrected chi connectivity index (χ4v) is 1.19. The summed E-state index contributed by atoms with van der Waals surface area (Å²) in [4.78, 5) is 11.3. The predicted molar refractivity (Wildman–Crippen MR) is 54.3 cm³/mol. The maximum atomic E-state index is 11.3. The molecule has 0 fully saturated rings. The van der Waals surface area contributed by atoms with E-state index in [1.807, 2.05) is 37.3 Å². The second-order valence-electron chi connectivity index (χ2n) is 2.35. The first kappa shape index (κ1) is 8.71. The first-order valence-corrected chi connectivity index (χ1v) is 4.69. The number of hydrogen-bond acceptors (Lipinski definition) is 1. The number of halogens is 1. The van der Waals surface area contributed by atoms with Gasteiger partial charge in [0.15, 0.2) is 5.78 Å². The van der Waals surface area contributed by atoms with Crippen LogP contribution in [0.3, 0.4) is 0 Å². The molecule has 0 saturated heterocycles. The molecular weight excluding hydrogens is 251 g/mol. The summed E-state index contributed by atoms with van der Waals surface area (Å²) in [6, 6.07) is 9.36. The summed E-state index contributed by atoms with van der Waals surface area (Å²) in [6.07, 6.45) is 0. The lowest BCUT2D eigenvalue weighted by molar-refractivity contribution is 0.0998. The molecule has 0 aliphatic heterocycles. The highest BCUT2D eigenvalue weighted by Crippen LogP contribution is 2.09. The van der Waals surface area contributed by atoms with Crippen LogP contribution in [0.2, 0.25) is 0 Å². The number of ketones is 1. The summed E-state index contributed by atoms with van der Waals surface area (Å²) in [6.45, 7) is 1.90. The quantitative estimate of drug-likeness (QED) is 0.454. The van der Waals surface area contributed by atoms with Crippen LogP contribution in [0.25, 0.3) is 0 Å². The third kappa shape index (κ3) is 2.29. The smallest absolute Gasteiger partial charge is 0.175 e. The summed E-state index contributed by atoms with van der Waals surface area (Å²) in [5, 5.41) is 0. The minimum absolute atomic E-state index is 0.0648. The highest BCUT2D eigenvalue weighted by atomic mass is 127. The monoisotopic (exact) mass is 260 g/mol. The lowest BCUT2D eigenvalue weighted by Gasteiger charge is -2.00. The molecule has 2 heteroatoms. The second-order valence-corrected chi connectivity index (χ2v) is 4.21. The number of Topliss-reactive ketones (excluding diaryl/α,β-unsaturated/α-hetero) is 1. The molecule has 11 heavy (non-hydrogen) atoms. The molecule has 0 bridgehead atoms.